The van der Waals surface area contributed by atoms with Crippen LogP contribution >= 0.6 is 11.8 Å². The third-order valence-corrected chi connectivity index (χ3v) is 4.75. The van der Waals surface area contributed by atoms with Crippen molar-refractivity contribution in [2.45, 2.75) is 24.9 Å². The van der Waals surface area contributed by atoms with Gasteiger partial charge in [-0.15, -0.1) is 11.8 Å². The average molecular weight is 340 g/mol. The number of hydrogen-bond acceptors (Lipinski definition) is 3. The number of pyridine rings is 1. The molecule has 1 aromatic carbocycles. The van der Waals surface area contributed by atoms with Crippen molar-refractivity contribution in [2.75, 3.05) is 13.3 Å². The summed E-state index contributed by atoms with van der Waals surface area (Å²) in [5.74, 6) is 0. The van der Waals surface area contributed by atoms with Gasteiger partial charge in [0.2, 0.25) is 0 Å². The number of quaternary nitrogens is 1. The maximum Gasteiger partial charge on any atom is 0.258 e. The van der Waals surface area contributed by atoms with Crippen LogP contribution in [0.25, 0.3) is 5.65 Å². The lowest BCUT2D eigenvalue weighted by Gasteiger charge is -2.14. The predicted molar refractivity (Wildman–Crippen MR) is 98.7 cm³/mol. The number of aromatic nitrogens is 2. The lowest BCUT2D eigenvalue weighted by Crippen LogP contribution is -3.06. The number of thioether (sulfide) groups is 1. The molecular formula is C19H22N3OS+. The molecule has 5 heteroatoms. The largest absolute Gasteiger partial charge is 0.329 e. The van der Waals surface area contributed by atoms with Crippen molar-refractivity contribution in [3.05, 3.63) is 75.8 Å². The summed E-state index contributed by atoms with van der Waals surface area (Å²) in [6, 6.07) is 14.2. The molecule has 4 nitrogen and oxygen atoms in total. The Hall–Kier alpha value is -2.11. The Morgan fingerprint density at radius 1 is 1.12 bits per heavy atom. The van der Waals surface area contributed by atoms with E-state index in [0.717, 1.165) is 24.3 Å². The number of nitrogens with zero attached hydrogens (tertiary/aromatic N) is 2. The summed E-state index contributed by atoms with van der Waals surface area (Å²) in [4.78, 5) is 19.5. The quantitative estimate of drug-likeness (QED) is 0.722. The zero-order valence-electron chi connectivity index (χ0n) is 14.2. The van der Waals surface area contributed by atoms with Crippen LogP contribution in [0.5, 0.6) is 0 Å². The number of aryl methyl sites for hydroxylation is 1. The van der Waals surface area contributed by atoms with Gasteiger partial charge in [-0.2, -0.15) is 0 Å². The summed E-state index contributed by atoms with van der Waals surface area (Å²) >= 11 is 1.75. The van der Waals surface area contributed by atoms with Crippen LogP contribution in [0, 0.1) is 6.92 Å². The maximum absolute atomic E-state index is 12.3. The summed E-state index contributed by atoms with van der Waals surface area (Å²) in [6.45, 7) is 3.60. The highest BCUT2D eigenvalue weighted by atomic mass is 32.2. The number of benzene rings is 1. The van der Waals surface area contributed by atoms with Crippen LogP contribution < -0.4 is 10.5 Å². The van der Waals surface area contributed by atoms with Gasteiger partial charge in [0.25, 0.3) is 5.56 Å². The molecule has 2 aromatic heterocycles. The minimum absolute atomic E-state index is 0.0178. The van der Waals surface area contributed by atoms with Crippen LogP contribution in [-0.2, 0) is 13.1 Å². The Kier molecular flexibility index (Phi) is 5.02. The molecule has 0 bridgehead atoms. The Bertz CT molecular complexity index is 903. The zero-order chi connectivity index (χ0) is 17.1. The van der Waals surface area contributed by atoms with E-state index in [0.29, 0.717) is 5.65 Å². The van der Waals surface area contributed by atoms with Crippen LogP contribution in [-0.4, -0.2) is 22.7 Å². The first-order valence-electron chi connectivity index (χ1n) is 7.98. The fourth-order valence-corrected chi connectivity index (χ4v) is 3.22. The van der Waals surface area contributed by atoms with Crippen molar-refractivity contribution in [2.24, 2.45) is 0 Å². The van der Waals surface area contributed by atoms with Gasteiger partial charge in [-0.05, 0) is 36.9 Å². The van der Waals surface area contributed by atoms with E-state index in [2.05, 4.69) is 42.6 Å². The fraction of sp³-hybridized carbons (Fsp3) is 0.263. The topological polar surface area (TPSA) is 38.8 Å². The highest BCUT2D eigenvalue weighted by molar-refractivity contribution is 7.98. The second kappa shape index (κ2) is 7.20. The van der Waals surface area contributed by atoms with Gasteiger partial charge >= 0.3 is 0 Å². The Morgan fingerprint density at radius 2 is 1.88 bits per heavy atom. The molecule has 24 heavy (non-hydrogen) atoms. The minimum atomic E-state index is -0.0178. The molecule has 0 aliphatic carbocycles. The van der Waals surface area contributed by atoms with Gasteiger partial charge in [0.15, 0.2) is 0 Å². The third kappa shape index (κ3) is 3.86. The first kappa shape index (κ1) is 16.7. The fourth-order valence-electron chi connectivity index (χ4n) is 2.81. The highest BCUT2D eigenvalue weighted by Crippen LogP contribution is 2.14. The molecule has 0 fully saturated rings. The van der Waals surface area contributed by atoms with Crippen LogP contribution in [0.15, 0.2) is 58.4 Å². The van der Waals surface area contributed by atoms with E-state index in [1.54, 1.807) is 22.2 Å². The number of hydrogen-bond donors (Lipinski definition) is 1. The maximum atomic E-state index is 12.3. The van der Waals surface area contributed by atoms with Crippen molar-refractivity contribution < 1.29 is 4.90 Å². The molecule has 1 N–H and O–H groups in total. The lowest BCUT2D eigenvalue weighted by molar-refractivity contribution is -0.908. The molecule has 0 aliphatic rings. The van der Waals surface area contributed by atoms with Crippen molar-refractivity contribution in [1.29, 1.82) is 0 Å². The van der Waals surface area contributed by atoms with E-state index in [4.69, 9.17) is 0 Å². The van der Waals surface area contributed by atoms with Gasteiger partial charge in [0, 0.05) is 22.7 Å². The van der Waals surface area contributed by atoms with Gasteiger partial charge < -0.3 is 4.90 Å². The Morgan fingerprint density at radius 3 is 2.58 bits per heavy atom. The van der Waals surface area contributed by atoms with Crippen molar-refractivity contribution in [1.82, 2.24) is 9.38 Å². The van der Waals surface area contributed by atoms with Crippen LogP contribution in [0.4, 0.5) is 0 Å². The van der Waals surface area contributed by atoms with Crippen molar-refractivity contribution >= 4 is 17.4 Å². The average Bonchev–Trinajstić information content (AvgIpc) is 2.56. The molecule has 124 valence electrons. The molecule has 1 unspecified atom stereocenters. The van der Waals surface area contributed by atoms with E-state index in [1.807, 2.05) is 25.3 Å². The second-order valence-electron chi connectivity index (χ2n) is 6.18. The molecule has 0 aliphatic heterocycles. The number of rotatable bonds is 5. The third-order valence-electron chi connectivity index (χ3n) is 4.01. The summed E-state index contributed by atoms with van der Waals surface area (Å²) in [7, 11) is 2.13. The number of fused-ring (bicyclic) bond motifs is 1. The van der Waals surface area contributed by atoms with Crippen LogP contribution in [0.1, 0.15) is 16.8 Å². The van der Waals surface area contributed by atoms with E-state index in [1.165, 1.54) is 15.4 Å². The molecule has 2 heterocycles. The first-order chi connectivity index (χ1) is 11.5. The lowest BCUT2D eigenvalue weighted by atomic mass is 10.2. The van der Waals surface area contributed by atoms with Crippen molar-refractivity contribution in [3.8, 4) is 0 Å². The molecule has 3 aromatic rings. The molecule has 0 saturated heterocycles. The van der Waals surface area contributed by atoms with Gasteiger partial charge in [0.05, 0.1) is 7.05 Å². The smallest absolute Gasteiger partial charge is 0.258 e. The van der Waals surface area contributed by atoms with Crippen LogP contribution in [0.3, 0.4) is 0 Å². The van der Waals surface area contributed by atoms with E-state index in [-0.39, 0.29) is 5.56 Å². The first-order valence-corrected chi connectivity index (χ1v) is 9.21. The minimum Gasteiger partial charge on any atom is -0.329 e. The van der Waals surface area contributed by atoms with Gasteiger partial charge in [-0.1, -0.05) is 18.2 Å². The number of nitrogens with one attached hydrogen (secondary N) is 1. The molecule has 0 spiro atoms. The Balaban J connectivity index is 1.76. The molecule has 3 rings (SSSR count). The monoisotopic (exact) mass is 340 g/mol. The van der Waals surface area contributed by atoms with E-state index < -0.39 is 0 Å². The predicted octanol–water partition coefficient (Wildman–Crippen LogP) is 1.94. The van der Waals surface area contributed by atoms with Crippen molar-refractivity contribution in [3.63, 3.8) is 0 Å². The molecule has 1 atom stereocenters. The zero-order valence-corrected chi connectivity index (χ0v) is 15.1. The summed E-state index contributed by atoms with van der Waals surface area (Å²) < 4.78 is 1.61. The summed E-state index contributed by atoms with van der Waals surface area (Å²) in [6.07, 6.45) is 3.91. The highest BCUT2D eigenvalue weighted by Gasteiger charge is 2.09. The van der Waals surface area contributed by atoms with Gasteiger partial charge in [-0.25, -0.2) is 4.98 Å². The summed E-state index contributed by atoms with van der Waals surface area (Å²) in [5, 5.41) is 0. The molecule has 0 amide bonds. The van der Waals surface area contributed by atoms with E-state index >= 15 is 0 Å². The van der Waals surface area contributed by atoms with Gasteiger partial charge in [0.1, 0.15) is 24.4 Å². The molecule has 0 saturated carbocycles. The second-order valence-corrected chi connectivity index (χ2v) is 7.06. The van der Waals surface area contributed by atoms with Gasteiger partial charge in [-0.3, -0.25) is 9.20 Å². The SMILES string of the molecule is CSc1ccc(C[NH+](C)Cc2cc(=O)n3cc(C)ccc3n2)cc1. The summed E-state index contributed by atoms with van der Waals surface area (Å²) in [5.41, 5.74) is 3.87. The Labute approximate surface area is 146 Å². The molecule has 0 radical (unpaired) electrons. The standard InChI is InChI=1S/C19H21N3OS/c1-14-4-9-18-20-16(10-19(23)22(18)11-14)13-21(2)12-15-5-7-17(24-3)8-6-15/h4-11H,12-13H2,1-3H3/p+1. The van der Waals surface area contributed by atoms with E-state index in [9.17, 15) is 4.79 Å². The molecular weight excluding hydrogens is 318 g/mol. The van der Waals surface area contributed by atoms with Crippen LogP contribution in [0.2, 0.25) is 0 Å². The normalized spacial score (nSPS) is 12.5.